The Balaban J connectivity index is 1.73. The van der Waals surface area contributed by atoms with Crippen LogP contribution in [0.1, 0.15) is 43.4 Å². The van der Waals surface area contributed by atoms with Crippen molar-refractivity contribution in [3.63, 3.8) is 0 Å². The summed E-state index contributed by atoms with van der Waals surface area (Å²) in [6, 6.07) is 5.33. The first kappa shape index (κ1) is 23.0. The van der Waals surface area contributed by atoms with Gasteiger partial charge < -0.3 is 15.0 Å². The van der Waals surface area contributed by atoms with Crippen molar-refractivity contribution >= 4 is 22.4 Å². The summed E-state index contributed by atoms with van der Waals surface area (Å²) < 4.78 is 47.6. The van der Waals surface area contributed by atoms with E-state index in [2.05, 4.69) is 20.3 Å². The van der Waals surface area contributed by atoms with Gasteiger partial charge >= 0.3 is 0 Å². The van der Waals surface area contributed by atoms with Gasteiger partial charge in [0.05, 0.1) is 28.9 Å². The highest BCUT2D eigenvalue weighted by atomic mass is 19.3. The van der Waals surface area contributed by atoms with Crippen LogP contribution < -0.4 is 15.8 Å². The Labute approximate surface area is 189 Å². The third-order valence-electron chi connectivity index (χ3n) is 6.13. The number of aromatic nitrogens is 3. The summed E-state index contributed by atoms with van der Waals surface area (Å²) in [4.78, 5) is 19.1. The third kappa shape index (κ3) is 4.52. The number of hydrogen-bond donors (Lipinski definition) is 1. The molecule has 1 aromatic carbocycles. The minimum Gasteiger partial charge on any atom is -0.381 e. The van der Waals surface area contributed by atoms with E-state index in [0.29, 0.717) is 24.4 Å². The molecule has 0 amide bonds. The number of anilines is 2. The molecule has 1 aliphatic rings. The molecule has 3 aromatic rings. The Morgan fingerprint density at radius 3 is 2.64 bits per heavy atom. The lowest BCUT2D eigenvalue weighted by molar-refractivity contribution is 0.0855. The molecule has 4 rings (SSSR count). The van der Waals surface area contributed by atoms with Crippen LogP contribution >= 0.6 is 0 Å². The highest BCUT2D eigenvalue weighted by molar-refractivity contribution is 5.90. The van der Waals surface area contributed by atoms with Crippen molar-refractivity contribution in [1.29, 1.82) is 0 Å². The summed E-state index contributed by atoms with van der Waals surface area (Å²) in [5, 5.41) is 7.88. The molecule has 1 aliphatic heterocycles. The summed E-state index contributed by atoms with van der Waals surface area (Å²) >= 11 is 0. The minimum atomic E-state index is -2.92. The number of halogens is 3. The first-order chi connectivity index (χ1) is 15.8. The monoisotopic (exact) mass is 461 g/mol. The van der Waals surface area contributed by atoms with Crippen molar-refractivity contribution in [1.82, 2.24) is 14.8 Å². The fourth-order valence-electron chi connectivity index (χ4n) is 4.14. The lowest BCUT2D eigenvalue weighted by Crippen LogP contribution is -2.36. The normalized spacial score (nSPS) is 15.7. The van der Waals surface area contributed by atoms with Crippen LogP contribution in [0.2, 0.25) is 0 Å². The Morgan fingerprint density at radius 1 is 1.24 bits per heavy atom. The quantitative estimate of drug-likeness (QED) is 0.594. The number of benzene rings is 1. The Bertz CT molecular complexity index is 1210. The molecule has 7 nitrogen and oxygen atoms in total. The van der Waals surface area contributed by atoms with E-state index < -0.39 is 23.8 Å². The fourth-order valence-corrected chi connectivity index (χ4v) is 4.14. The molecule has 0 saturated carbocycles. The predicted octanol–water partition coefficient (Wildman–Crippen LogP) is 4.19. The van der Waals surface area contributed by atoms with Crippen molar-refractivity contribution in [2.24, 2.45) is 7.05 Å². The lowest BCUT2D eigenvalue weighted by Gasteiger charge is -2.32. The molecule has 0 unspecified atom stereocenters. The third-order valence-corrected chi connectivity index (χ3v) is 6.13. The lowest BCUT2D eigenvalue weighted by atomic mass is 10.0. The SMILES string of the molecule is C[C@@H](Nc1nn(C)c(=O)c2ncc(N(C)C3CCOCC3)cc12)c1cccc(C(F)F)c1F. The highest BCUT2D eigenvalue weighted by Crippen LogP contribution is 2.31. The van der Waals surface area contributed by atoms with E-state index in [9.17, 15) is 18.0 Å². The van der Waals surface area contributed by atoms with Crippen molar-refractivity contribution in [2.45, 2.75) is 38.3 Å². The number of nitrogens with zero attached hydrogens (tertiary/aromatic N) is 4. The first-order valence-corrected chi connectivity index (χ1v) is 10.8. The molecule has 1 atom stereocenters. The predicted molar refractivity (Wildman–Crippen MR) is 120 cm³/mol. The average molecular weight is 461 g/mol. The zero-order valence-corrected chi connectivity index (χ0v) is 18.7. The molecule has 0 aliphatic carbocycles. The van der Waals surface area contributed by atoms with Gasteiger partial charge in [0, 0.05) is 38.9 Å². The van der Waals surface area contributed by atoms with Crippen LogP contribution in [0.3, 0.4) is 0 Å². The molecular weight excluding hydrogens is 435 g/mol. The van der Waals surface area contributed by atoms with Gasteiger partial charge in [0.1, 0.15) is 11.3 Å². The number of nitrogens with one attached hydrogen (secondary N) is 1. The van der Waals surface area contributed by atoms with Gasteiger partial charge in [-0.2, -0.15) is 5.10 Å². The molecule has 0 radical (unpaired) electrons. The number of fused-ring (bicyclic) bond motifs is 1. The second-order valence-electron chi connectivity index (χ2n) is 8.24. The van der Waals surface area contributed by atoms with Crippen LogP contribution in [0.4, 0.5) is 24.7 Å². The topological polar surface area (TPSA) is 72.3 Å². The van der Waals surface area contributed by atoms with Crippen LogP contribution in [0.5, 0.6) is 0 Å². The van der Waals surface area contributed by atoms with Crippen LogP contribution in [0.15, 0.2) is 35.3 Å². The molecular formula is C23H26F3N5O2. The van der Waals surface area contributed by atoms with Gasteiger partial charge in [0.15, 0.2) is 5.82 Å². The summed E-state index contributed by atoms with van der Waals surface area (Å²) in [6.45, 7) is 3.02. The van der Waals surface area contributed by atoms with Crippen molar-refractivity contribution in [2.75, 3.05) is 30.5 Å². The molecule has 0 spiro atoms. The maximum atomic E-state index is 14.7. The van der Waals surface area contributed by atoms with Crippen molar-refractivity contribution in [3.05, 3.63) is 57.8 Å². The number of hydrogen-bond acceptors (Lipinski definition) is 6. The zero-order chi connectivity index (χ0) is 23.7. The maximum Gasteiger partial charge on any atom is 0.293 e. The zero-order valence-electron chi connectivity index (χ0n) is 18.7. The van der Waals surface area contributed by atoms with Gasteiger partial charge in [-0.05, 0) is 25.8 Å². The number of alkyl halides is 2. The van der Waals surface area contributed by atoms with E-state index in [1.165, 1.54) is 19.2 Å². The van der Waals surface area contributed by atoms with Crippen LogP contribution in [0, 0.1) is 5.82 Å². The summed E-state index contributed by atoms with van der Waals surface area (Å²) in [5.41, 5.74) is 0.0926. The van der Waals surface area contributed by atoms with E-state index >= 15 is 0 Å². The highest BCUT2D eigenvalue weighted by Gasteiger charge is 2.23. The van der Waals surface area contributed by atoms with E-state index in [1.54, 1.807) is 13.1 Å². The van der Waals surface area contributed by atoms with E-state index in [4.69, 9.17) is 4.74 Å². The Morgan fingerprint density at radius 2 is 1.94 bits per heavy atom. The van der Waals surface area contributed by atoms with Gasteiger partial charge in [-0.3, -0.25) is 4.79 Å². The van der Waals surface area contributed by atoms with E-state index in [1.807, 2.05) is 13.1 Å². The molecule has 176 valence electrons. The number of ether oxygens (including phenoxy) is 1. The first-order valence-electron chi connectivity index (χ1n) is 10.8. The second kappa shape index (κ2) is 9.38. The van der Waals surface area contributed by atoms with E-state index in [0.717, 1.165) is 29.3 Å². The number of aryl methyl sites for hydroxylation is 1. The molecule has 1 saturated heterocycles. The van der Waals surface area contributed by atoms with Crippen molar-refractivity contribution < 1.29 is 17.9 Å². The van der Waals surface area contributed by atoms with Gasteiger partial charge in [0.25, 0.3) is 12.0 Å². The average Bonchev–Trinajstić information content (AvgIpc) is 2.82. The summed E-state index contributed by atoms with van der Waals surface area (Å²) in [5.74, 6) is -0.643. The Kier molecular flexibility index (Phi) is 6.55. The molecule has 0 bridgehead atoms. The fraction of sp³-hybridized carbons (Fsp3) is 0.435. The molecule has 1 N–H and O–H groups in total. The van der Waals surface area contributed by atoms with Crippen LogP contribution in [0.25, 0.3) is 10.9 Å². The molecule has 1 fully saturated rings. The van der Waals surface area contributed by atoms with Gasteiger partial charge in [-0.15, -0.1) is 0 Å². The van der Waals surface area contributed by atoms with Crippen LogP contribution in [-0.4, -0.2) is 41.1 Å². The van der Waals surface area contributed by atoms with Gasteiger partial charge in [-0.25, -0.2) is 22.8 Å². The second-order valence-corrected chi connectivity index (χ2v) is 8.24. The number of pyridine rings is 1. The largest absolute Gasteiger partial charge is 0.381 e. The van der Waals surface area contributed by atoms with Gasteiger partial charge in [-0.1, -0.05) is 18.2 Å². The maximum absolute atomic E-state index is 14.7. The minimum absolute atomic E-state index is 0.0834. The van der Waals surface area contributed by atoms with Crippen LogP contribution in [-0.2, 0) is 11.8 Å². The van der Waals surface area contributed by atoms with Crippen molar-refractivity contribution in [3.8, 4) is 0 Å². The van der Waals surface area contributed by atoms with Gasteiger partial charge in [0.2, 0.25) is 0 Å². The smallest absolute Gasteiger partial charge is 0.293 e. The molecule has 2 aromatic heterocycles. The molecule has 3 heterocycles. The summed E-state index contributed by atoms with van der Waals surface area (Å²) in [7, 11) is 3.47. The molecule has 10 heteroatoms. The number of rotatable bonds is 6. The Hall–Kier alpha value is -3.14. The standard InChI is InChI=1S/C23H26F3N5O2/c1-13(16-5-4-6-17(19(16)24)21(25)26)28-22-18-11-15(30(2)14-7-9-33-10-8-14)12-27-20(18)23(32)31(3)29-22/h4-6,11-14,21H,7-10H2,1-3H3,(H,28,29)/t13-/m1/s1. The van der Waals surface area contributed by atoms with E-state index in [-0.39, 0.29) is 22.7 Å². The summed E-state index contributed by atoms with van der Waals surface area (Å²) in [6.07, 6.45) is 0.496. The molecule has 33 heavy (non-hydrogen) atoms.